The molecule has 6 heteroatoms. The Hall–Kier alpha value is -0.850. The summed E-state index contributed by atoms with van der Waals surface area (Å²) in [6.07, 6.45) is 0.175. The number of nitrogens with one attached hydrogen (secondary N) is 2. The molecular formula is C9H18N2O4. The van der Waals surface area contributed by atoms with E-state index in [-0.39, 0.29) is 25.2 Å². The fraction of sp³-hybridized carbons (Fsp3) is 0.889. The van der Waals surface area contributed by atoms with Crippen LogP contribution in [0.2, 0.25) is 0 Å². The van der Waals surface area contributed by atoms with E-state index in [2.05, 4.69) is 10.6 Å². The molecule has 15 heavy (non-hydrogen) atoms. The monoisotopic (exact) mass is 218 g/mol. The second-order valence-electron chi connectivity index (χ2n) is 3.52. The largest absolute Gasteiger partial charge is 0.389 e. The molecular weight excluding hydrogens is 200 g/mol. The second-order valence-corrected chi connectivity index (χ2v) is 3.52. The van der Waals surface area contributed by atoms with Crippen molar-refractivity contribution in [1.29, 1.82) is 0 Å². The van der Waals surface area contributed by atoms with Crippen LogP contribution in [0.15, 0.2) is 0 Å². The third-order valence-corrected chi connectivity index (χ3v) is 2.12. The molecule has 0 aromatic heterocycles. The maximum Gasteiger partial charge on any atom is 0.315 e. The number of methoxy groups -OCH3 is 1. The molecule has 0 aromatic carbocycles. The Morgan fingerprint density at radius 1 is 1.73 bits per heavy atom. The lowest BCUT2D eigenvalue weighted by Crippen LogP contribution is -2.45. The minimum Gasteiger partial charge on any atom is -0.389 e. The zero-order valence-electron chi connectivity index (χ0n) is 8.86. The van der Waals surface area contributed by atoms with Gasteiger partial charge in [-0.3, -0.25) is 0 Å². The van der Waals surface area contributed by atoms with Gasteiger partial charge in [-0.1, -0.05) is 0 Å². The van der Waals surface area contributed by atoms with Gasteiger partial charge in [0.25, 0.3) is 0 Å². The van der Waals surface area contributed by atoms with Crippen LogP contribution in [-0.2, 0) is 9.47 Å². The lowest BCUT2D eigenvalue weighted by Gasteiger charge is -2.14. The molecule has 6 nitrogen and oxygen atoms in total. The van der Waals surface area contributed by atoms with Crippen molar-refractivity contribution in [3.05, 3.63) is 0 Å². The number of hydrogen-bond acceptors (Lipinski definition) is 4. The van der Waals surface area contributed by atoms with Crippen molar-refractivity contribution in [3.8, 4) is 0 Å². The fourth-order valence-corrected chi connectivity index (χ4v) is 1.35. The van der Waals surface area contributed by atoms with Gasteiger partial charge in [-0.2, -0.15) is 0 Å². The first-order valence-electron chi connectivity index (χ1n) is 5.01. The minimum atomic E-state index is -0.666. The van der Waals surface area contributed by atoms with E-state index in [1.165, 1.54) is 7.11 Å². The number of carbonyl (C=O) groups is 1. The number of aliphatic hydroxyl groups excluding tert-OH is 1. The fourth-order valence-electron chi connectivity index (χ4n) is 1.35. The summed E-state index contributed by atoms with van der Waals surface area (Å²) in [5.41, 5.74) is 0. The van der Waals surface area contributed by atoms with E-state index < -0.39 is 6.10 Å². The lowest BCUT2D eigenvalue weighted by atomic mass is 10.3. The second kappa shape index (κ2) is 6.60. The van der Waals surface area contributed by atoms with Gasteiger partial charge in [-0.05, 0) is 6.42 Å². The van der Waals surface area contributed by atoms with Gasteiger partial charge in [-0.25, -0.2) is 4.79 Å². The minimum absolute atomic E-state index is 0.0876. The average molecular weight is 218 g/mol. The van der Waals surface area contributed by atoms with E-state index >= 15 is 0 Å². The van der Waals surface area contributed by atoms with E-state index in [0.717, 1.165) is 6.42 Å². The Bertz CT molecular complexity index is 195. The summed E-state index contributed by atoms with van der Waals surface area (Å²) in [5.74, 6) is 0. The van der Waals surface area contributed by atoms with Crippen molar-refractivity contribution in [3.63, 3.8) is 0 Å². The lowest BCUT2D eigenvalue weighted by molar-refractivity contribution is 0.0659. The van der Waals surface area contributed by atoms with Gasteiger partial charge >= 0.3 is 6.03 Å². The standard InChI is InChI=1S/C9H18N2O4/c1-14-6-8(12)4-10-9(13)11-7-2-3-15-5-7/h7-8,12H,2-6H2,1H3,(H2,10,11,13). The smallest absolute Gasteiger partial charge is 0.315 e. The Balaban J connectivity index is 2.07. The summed E-state index contributed by atoms with van der Waals surface area (Å²) < 4.78 is 9.84. The van der Waals surface area contributed by atoms with Gasteiger partial charge in [-0.15, -0.1) is 0 Å². The normalized spacial score (nSPS) is 22.4. The van der Waals surface area contributed by atoms with Crippen molar-refractivity contribution in [2.75, 3.05) is 33.5 Å². The van der Waals surface area contributed by atoms with Crippen LogP contribution < -0.4 is 10.6 Å². The van der Waals surface area contributed by atoms with Gasteiger partial charge in [0.1, 0.15) is 0 Å². The van der Waals surface area contributed by atoms with Gasteiger partial charge in [0.15, 0.2) is 0 Å². The molecule has 3 N–H and O–H groups in total. The molecule has 1 heterocycles. The molecule has 0 bridgehead atoms. The van der Waals surface area contributed by atoms with Gasteiger partial charge < -0.3 is 25.2 Å². The number of aliphatic hydroxyl groups is 1. The van der Waals surface area contributed by atoms with Crippen LogP contribution in [0.3, 0.4) is 0 Å². The number of urea groups is 1. The molecule has 1 rings (SSSR count). The van der Waals surface area contributed by atoms with E-state index in [9.17, 15) is 9.90 Å². The predicted molar refractivity (Wildman–Crippen MR) is 53.6 cm³/mol. The SMILES string of the molecule is COCC(O)CNC(=O)NC1CCOC1. The number of carbonyl (C=O) groups excluding carboxylic acids is 1. The van der Waals surface area contributed by atoms with Crippen LogP contribution in [-0.4, -0.2) is 56.8 Å². The molecule has 88 valence electrons. The van der Waals surface area contributed by atoms with Crippen LogP contribution in [0.1, 0.15) is 6.42 Å². The van der Waals surface area contributed by atoms with Crippen LogP contribution in [0.25, 0.3) is 0 Å². The van der Waals surface area contributed by atoms with E-state index in [1.54, 1.807) is 0 Å². The summed E-state index contributed by atoms with van der Waals surface area (Å²) in [5, 5.41) is 14.6. The Morgan fingerprint density at radius 2 is 2.53 bits per heavy atom. The maximum atomic E-state index is 11.3. The maximum absolute atomic E-state index is 11.3. The summed E-state index contributed by atoms with van der Waals surface area (Å²) in [7, 11) is 1.50. The van der Waals surface area contributed by atoms with Crippen molar-refractivity contribution < 1.29 is 19.4 Å². The highest BCUT2D eigenvalue weighted by Gasteiger charge is 2.17. The van der Waals surface area contributed by atoms with Gasteiger partial charge in [0, 0.05) is 20.3 Å². The molecule has 1 aliphatic rings. The molecule has 0 radical (unpaired) electrons. The summed E-state index contributed by atoms with van der Waals surface area (Å²) >= 11 is 0. The highest BCUT2D eigenvalue weighted by Crippen LogP contribution is 2.02. The number of ether oxygens (including phenoxy) is 2. The van der Waals surface area contributed by atoms with E-state index in [0.29, 0.717) is 13.2 Å². The molecule has 0 spiro atoms. The van der Waals surface area contributed by atoms with Crippen LogP contribution in [0, 0.1) is 0 Å². The number of rotatable bonds is 5. The number of hydrogen-bond donors (Lipinski definition) is 3. The Labute approximate surface area is 88.9 Å². The Kier molecular flexibility index (Phi) is 5.38. The summed E-state index contributed by atoms with van der Waals surface area (Å²) in [6.45, 7) is 1.66. The third-order valence-electron chi connectivity index (χ3n) is 2.12. The van der Waals surface area contributed by atoms with Crippen LogP contribution in [0.4, 0.5) is 4.79 Å². The molecule has 2 unspecified atom stereocenters. The highest BCUT2D eigenvalue weighted by atomic mass is 16.5. The van der Waals surface area contributed by atoms with Crippen molar-refractivity contribution in [2.24, 2.45) is 0 Å². The van der Waals surface area contributed by atoms with E-state index in [4.69, 9.17) is 9.47 Å². The van der Waals surface area contributed by atoms with Gasteiger partial charge in [0.05, 0.1) is 25.4 Å². The molecule has 1 aliphatic heterocycles. The van der Waals surface area contributed by atoms with Crippen molar-refractivity contribution >= 4 is 6.03 Å². The van der Waals surface area contributed by atoms with Crippen LogP contribution >= 0.6 is 0 Å². The Morgan fingerprint density at radius 3 is 3.13 bits per heavy atom. The predicted octanol–water partition coefficient (Wildman–Crippen LogP) is -0.918. The average Bonchev–Trinajstić information content (AvgIpc) is 2.68. The molecule has 2 atom stereocenters. The summed E-state index contributed by atoms with van der Waals surface area (Å²) in [6, 6.07) is -0.190. The van der Waals surface area contributed by atoms with Crippen LogP contribution in [0.5, 0.6) is 0 Å². The first-order chi connectivity index (χ1) is 7.22. The zero-order chi connectivity index (χ0) is 11.1. The first kappa shape index (κ1) is 12.2. The van der Waals surface area contributed by atoms with Crippen molar-refractivity contribution in [2.45, 2.75) is 18.6 Å². The summed E-state index contributed by atoms with van der Waals surface area (Å²) in [4.78, 5) is 11.3. The van der Waals surface area contributed by atoms with Crippen molar-refractivity contribution in [1.82, 2.24) is 10.6 Å². The first-order valence-corrected chi connectivity index (χ1v) is 5.01. The molecule has 1 fully saturated rings. The highest BCUT2D eigenvalue weighted by molar-refractivity contribution is 5.74. The molecule has 2 amide bonds. The number of amides is 2. The zero-order valence-corrected chi connectivity index (χ0v) is 8.86. The molecule has 0 aliphatic carbocycles. The molecule has 0 aromatic rings. The quantitative estimate of drug-likeness (QED) is 0.557. The topological polar surface area (TPSA) is 79.8 Å². The molecule has 1 saturated heterocycles. The van der Waals surface area contributed by atoms with E-state index in [1.807, 2.05) is 0 Å². The van der Waals surface area contributed by atoms with Gasteiger partial charge in [0.2, 0.25) is 0 Å². The third kappa shape index (κ3) is 4.96. The molecule has 0 saturated carbocycles.